The van der Waals surface area contributed by atoms with Crippen LogP contribution in [0.3, 0.4) is 0 Å². The number of alkyl halides is 1. The molecule has 1 aromatic carbocycles. The molecule has 0 saturated carbocycles. The maximum Gasteiger partial charge on any atom is 0.178 e. The third-order valence-electron chi connectivity index (χ3n) is 1.84. The summed E-state index contributed by atoms with van der Waals surface area (Å²) in [4.78, 5) is 11.4. The summed E-state index contributed by atoms with van der Waals surface area (Å²) >= 11 is 3.23. The molecule has 1 unspecified atom stereocenters. The van der Waals surface area contributed by atoms with Gasteiger partial charge >= 0.3 is 0 Å². The first-order valence-electron chi connectivity index (χ1n) is 4.07. The fourth-order valence-electron chi connectivity index (χ4n) is 1.10. The van der Waals surface area contributed by atoms with E-state index in [1.54, 1.807) is 13.0 Å². The van der Waals surface area contributed by atoms with E-state index >= 15 is 0 Å². The van der Waals surface area contributed by atoms with Crippen LogP contribution in [0, 0.1) is 6.92 Å². The van der Waals surface area contributed by atoms with Crippen molar-refractivity contribution in [3.63, 3.8) is 0 Å². The summed E-state index contributed by atoms with van der Waals surface area (Å²) in [5, 5.41) is 0. The van der Waals surface area contributed by atoms with Crippen molar-refractivity contribution in [3.05, 3.63) is 29.3 Å². The zero-order chi connectivity index (χ0) is 10.0. The summed E-state index contributed by atoms with van der Waals surface area (Å²) in [6.07, 6.45) is 0. The van der Waals surface area contributed by atoms with Crippen LogP contribution in [0.15, 0.2) is 18.2 Å². The minimum atomic E-state index is -0.184. The Morgan fingerprint density at radius 1 is 1.54 bits per heavy atom. The predicted molar refractivity (Wildman–Crippen MR) is 58.3 cm³/mol. The molecule has 0 saturated heterocycles. The third-order valence-corrected chi connectivity index (χ3v) is 2.25. The molecule has 2 nitrogen and oxygen atoms in total. The normalized spacial score (nSPS) is 12.5. The van der Waals surface area contributed by atoms with Gasteiger partial charge in [-0.3, -0.25) is 4.79 Å². The van der Waals surface area contributed by atoms with E-state index in [2.05, 4.69) is 15.9 Å². The van der Waals surface area contributed by atoms with Gasteiger partial charge < -0.3 is 5.73 Å². The van der Waals surface area contributed by atoms with Gasteiger partial charge in [-0.05, 0) is 26.0 Å². The first-order valence-corrected chi connectivity index (χ1v) is 4.98. The highest BCUT2D eigenvalue weighted by Crippen LogP contribution is 2.18. The molecule has 2 N–H and O–H groups in total. The van der Waals surface area contributed by atoms with Crippen LogP contribution in [-0.2, 0) is 0 Å². The summed E-state index contributed by atoms with van der Waals surface area (Å²) in [5.41, 5.74) is 7.88. The predicted octanol–water partition coefficient (Wildman–Crippen LogP) is 2.54. The molecule has 1 rings (SSSR count). The molecular weight excluding hydrogens is 230 g/mol. The second-order valence-electron chi connectivity index (χ2n) is 3.07. The molecule has 0 radical (unpaired) electrons. The summed E-state index contributed by atoms with van der Waals surface area (Å²) in [6.45, 7) is 3.74. The first kappa shape index (κ1) is 10.3. The lowest BCUT2D eigenvalue weighted by molar-refractivity contribution is 0.0996. The van der Waals surface area contributed by atoms with Crippen LogP contribution in [0.1, 0.15) is 22.8 Å². The van der Waals surface area contributed by atoms with E-state index in [9.17, 15) is 4.79 Å². The first-order chi connectivity index (χ1) is 6.02. The number of carbonyl (C=O) groups excluding carboxylic acids is 1. The number of ketones is 1. The van der Waals surface area contributed by atoms with E-state index in [1.165, 1.54) is 0 Å². The summed E-state index contributed by atoms with van der Waals surface area (Å²) in [7, 11) is 0. The number of nitrogen functional groups attached to an aromatic ring is 1. The average Bonchev–Trinajstić information content (AvgIpc) is 2.08. The lowest BCUT2D eigenvalue weighted by Gasteiger charge is -2.06. The number of hydrogen-bond donors (Lipinski definition) is 1. The van der Waals surface area contributed by atoms with Crippen LogP contribution in [0.25, 0.3) is 0 Å². The molecule has 0 aliphatic carbocycles. The van der Waals surface area contributed by atoms with Crippen LogP contribution >= 0.6 is 15.9 Å². The molecule has 0 aliphatic heterocycles. The lowest BCUT2D eigenvalue weighted by Crippen LogP contribution is -2.12. The average molecular weight is 242 g/mol. The summed E-state index contributed by atoms with van der Waals surface area (Å²) < 4.78 is 0. The molecule has 13 heavy (non-hydrogen) atoms. The number of Topliss-reactive ketones (excluding diaryl/α,β-unsaturated/α-hetero) is 1. The van der Waals surface area contributed by atoms with E-state index in [0.29, 0.717) is 11.3 Å². The standard InChI is InChI=1S/C10H12BrNO/c1-6-3-4-9(12)8(5-6)10(13)7(2)11/h3-5,7H,12H2,1-2H3. The molecule has 0 fully saturated rings. The maximum atomic E-state index is 11.6. The number of rotatable bonds is 2. The van der Waals surface area contributed by atoms with Crippen molar-refractivity contribution >= 4 is 27.4 Å². The maximum absolute atomic E-state index is 11.6. The van der Waals surface area contributed by atoms with Gasteiger partial charge in [-0.25, -0.2) is 0 Å². The fourth-order valence-corrected chi connectivity index (χ4v) is 1.34. The van der Waals surface area contributed by atoms with Crippen molar-refractivity contribution in [2.75, 3.05) is 5.73 Å². The molecule has 1 aromatic rings. The number of halogens is 1. The molecule has 3 heteroatoms. The number of aryl methyl sites for hydroxylation is 1. The van der Waals surface area contributed by atoms with E-state index in [1.807, 2.05) is 19.1 Å². The minimum absolute atomic E-state index is 0.0289. The molecule has 0 heterocycles. The Bertz CT molecular complexity index is 334. The monoisotopic (exact) mass is 241 g/mol. The van der Waals surface area contributed by atoms with Gasteiger partial charge in [0, 0.05) is 11.3 Å². The molecule has 1 atom stereocenters. The second-order valence-corrected chi connectivity index (χ2v) is 4.44. The Morgan fingerprint density at radius 3 is 2.69 bits per heavy atom. The number of hydrogen-bond acceptors (Lipinski definition) is 2. The van der Waals surface area contributed by atoms with Gasteiger partial charge in [0.25, 0.3) is 0 Å². The van der Waals surface area contributed by atoms with Crippen molar-refractivity contribution in [2.24, 2.45) is 0 Å². The molecule has 0 aromatic heterocycles. The molecule has 0 spiro atoms. The van der Waals surface area contributed by atoms with Crippen LogP contribution in [0.5, 0.6) is 0 Å². The SMILES string of the molecule is Cc1ccc(N)c(C(=O)C(C)Br)c1. The highest BCUT2D eigenvalue weighted by Gasteiger charge is 2.14. The Kier molecular flexibility index (Phi) is 3.09. The highest BCUT2D eigenvalue weighted by atomic mass is 79.9. The quantitative estimate of drug-likeness (QED) is 0.492. The molecule has 0 aliphatic rings. The number of nitrogens with two attached hydrogens (primary N) is 1. The van der Waals surface area contributed by atoms with Crippen molar-refractivity contribution in [1.82, 2.24) is 0 Å². The third kappa shape index (κ3) is 2.31. The molecule has 70 valence electrons. The van der Waals surface area contributed by atoms with Crippen LogP contribution in [0.2, 0.25) is 0 Å². The van der Waals surface area contributed by atoms with Crippen molar-refractivity contribution in [3.8, 4) is 0 Å². The van der Waals surface area contributed by atoms with Crippen molar-refractivity contribution < 1.29 is 4.79 Å². The van der Waals surface area contributed by atoms with Crippen LogP contribution in [-0.4, -0.2) is 10.6 Å². The topological polar surface area (TPSA) is 43.1 Å². The summed E-state index contributed by atoms with van der Waals surface area (Å²) in [5.74, 6) is 0.0289. The van der Waals surface area contributed by atoms with E-state index < -0.39 is 0 Å². The van der Waals surface area contributed by atoms with Crippen molar-refractivity contribution in [1.29, 1.82) is 0 Å². The largest absolute Gasteiger partial charge is 0.398 e. The lowest BCUT2D eigenvalue weighted by atomic mass is 10.0. The molecule has 0 bridgehead atoms. The molecular formula is C10H12BrNO. The Balaban J connectivity index is 3.13. The van der Waals surface area contributed by atoms with Gasteiger partial charge in [-0.1, -0.05) is 27.6 Å². The number of anilines is 1. The Morgan fingerprint density at radius 2 is 2.15 bits per heavy atom. The zero-order valence-electron chi connectivity index (χ0n) is 7.67. The van der Waals surface area contributed by atoms with Gasteiger partial charge in [0.1, 0.15) is 0 Å². The zero-order valence-corrected chi connectivity index (χ0v) is 9.26. The van der Waals surface area contributed by atoms with Crippen molar-refractivity contribution in [2.45, 2.75) is 18.7 Å². The van der Waals surface area contributed by atoms with Crippen LogP contribution < -0.4 is 5.73 Å². The highest BCUT2D eigenvalue weighted by molar-refractivity contribution is 9.10. The minimum Gasteiger partial charge on any atom is -0.398 e. The smallest absolute Gasteiger partial charge is 0.178 e. The van der Waals surface area contributed by atoms with Gasteiger partial charge in [0.2, 0.25) is 0 Å². The van der Waals surface area contributed by atoms with E-state index in [-0.39, 0.29) is 10.6 Å². The second kappa shape index (κ2) is 3.92. The van der Waals surface area contributed by atoms with Gasteiger partial charge in [0.05, 0.1) is 4.83 Å². The fraction of sp³-hybridized carbons (Fsp3) is 0.300. The van der Waals surface area contributed by atoms with E-state index in [4.69, 9.17) is 5.73 Å². The van der Waals surface area contributed by atoms with E-state index in [0.717, 1.165) is 5.56 Å². The van der Waals surface area contributed by atoms with Crippen LogP contribution in [0.4, 0.5) is 5.69 Å². The van der Waals surface area contributed by atoms with Gasteiger partial charge in [-0.15, -0.1) is 0 Å². The Hall–Kier alpha value is -0.830. The number of benzene rings is 1. The Labute approximate surface area is 86.3 Å². The van der Waals surface area contributed by atoms with Gasteiger partial charge in [0.15, 0.2) is 5.78 Å². The summed E-state index contributed by atoms with van der Waals surface area (Å²) in [6, 6.07) is 5.47. The number of carbonyl (C=O) groups is 1. The molecule has 0 amide bonds. The van der Waals surface area contributed by atoms with Gasteiger partial charge in [-0.2, -0.15) is 0 Å².